The zero-order valence-corrected chi connectivity index (χ0v) is 18.8. The van der Waals surface area contributed by atoms with E-state index >= 15 is 0 Å². The average Bonchev–Trinajstić information content (AvgIpc) is 2.72. The molecule has 0 spiro atoms. The Morgan fingerprint density at radius 2 is 1.88 bits per heavy atom. The topological polar surface area (TPSA) is 56.6 Å². The predicted molar refractivity (Wildman–Crippen MR) is 121 cm³/mol. The van der Waals surface area contributed by atoms with Gasteiger partial charge < -0.3 is 15.1 Å². The van der Waals surface area contributed by atoms with E-state index in [1.54, 1.807) is 24.3 Å². The SMILES string of the molecule is CN1CC[C@]23Cc4nc5c(C(F)(F)F)cccc5cc4C[C@@]2(O)[C@H]1Cc1ccc(O)cc13.Cl. The molecule has 33 heavy (non-hydrogen) atoms. The summed E-state index contributed by atoms with van der Waals surface area (Å²) in [7, 11) is 2.02. The van der Waals surface area contributed by atoms with Crippen LogP contribution in [0.5, 0.6) is 5.75 Å². The van der Waals surface area contributed by atoms with Crippen LogP contribution in [0.2, 0.25) is 0 Å². The molecule has 0 unspecified atom stereocenters. The van der Waals surface area contributed by atoms with Crippen molar-refractivity contribution in [3.8, 4) is 5.75 Å². The summed E-state index contributed by atoms with van der Waals surface area (Å²) in [4.78, 5) is 6.74. The highest BCUT2D eigenvalue weighted by Gasteiger charge is 2.64. The summed E-state index contributed by atoms with van der Waals surface area (Å²) in [6, 6.07) is 11.1. The molecule has 4 nitrogen and oxygen atoms in total. The molecule has 2 N–H and O–H groups in total. The second-order valence-electron chi connectivity index (χ2n) is 9.62. The second kappa shape index (κ2) is 7.08. The van der Waals surface area contributed by atoms with Gasteiger partial charge in [-0.05, 0) is 67.4 Å². The van der Waals surface area contributed by atoms with Gasteiger partial charge in [-0.15, -0.1) is 12.4 Å². The number of aromatic nitrogens is 1. The summed E-state index contributed by atoms with van der Waals surface area (Å²) < 4.78 is 41.0. The number of nitrogens with zero attached hydrogens (tertiary/aromatic N) is 2. The molecule has 3 aromatic rings. The number of hydrogen-bond donors (Lipinski definition) is 2. The van der Waals surface area contributed by atoms with E-state index in [0.717, 1.165) is 29.3 Å². The Morgan fingerprint density at radius 1 is 1.09 bits per heavy atom. The molecular formula is C25H24ClF3N2O2. The van der Waals surface area contributed by atoms with Gasteiger partial charge in [0.15, 0.2) is 0 Å². The molecule has 2 bridgehead atoms. The summed E-state index contributed by atoms with van der Waals surface area (Å²) in [5.41, 5.74) is 0.820. The van der Waals surface area contributed by atoms with Gasteiger partial charge in [-0.25, -0.2) is 0 Å². The second-order valence-corrected chi connectivity index (χ2v) is 9.62. The van der Waals surface area contributed by atoms with Crippen LogP contribution in [0.4, 0.5) is 13.2 Å². The highest BCUT2D eigenvalue weighted by atomic mass is 35.5. The number of piperidine rings is 1. The van der Waals surface area contributed by atoms with Crippen LogP contribution in [-0.2, 0) is 30.9 Å². The number of halogens is 4. The molecule has 3 atom stereocenters. The molecule has 1 aromatic heterocycles. The molecule has 3 aliphatic rings. The number of para-hydroxylation sites is 1. The standard InChI is InChI=1S/C25H23F3N2O2.ClH/c1-30-8-7-23-13-20-16(9-15-3-2-4-18(22(15)29-20)25(26,27)28)12-24(23,32)21(30)10-14-5-6-17(31)11-19(14)23;/h2-6,9,11,21,31-32H,7-8,10,12-13H2,1H3;1H/t21-,23-,24-;/m1./s1. The van der Waals surface area contributed by atoms with E-state index in [0.29, 0.717) is 36.8 Å². The van der Waals surface area contributed by atoms with Gasteiger partial charge in [0.05, 0.1) is 16.7 Å². The summed E-state index contributed by atoms with van der Waals surface area (Å²) in [5, 5.41) is 22.9. The van der Waals surface area contributed by atoms with Crippen molar-refractivity contribution in [3.63, 3.8) is 0 Å². The molecule has 1 saturated heterocycles. The Labute approximate surface area is 195 Å². The van der Waals surface area contributed by atoms with Gasteiger partial charge >= 0.3 is 6.18 Å². The van der Waals surface area contributed by atoms with E-state index < -0.39 is 22.8 Å². The number of aromatic hydroxyl groups is 1. The molecule has 174 valence electrons. The normalized spacial score (nSPS) is 28.5. The van der Waals surface area contributed by atoms with Crippen molar-refractivity contribution in [1.29, 1.82) is 0 Å². The van der Waals surface area contributed by atoms with Crippen LogP contribution in [-0.4, -0.2) is 45.3 Å². The monoisotopic (exact) mass is 476 g/mol. The van der Waals surface area contributed by atoms with Crippen molar-refractivity contribution in [3.05, 3.63) is 70.4 Å². The van der Waals surface area contributed by atoms with E-state index in [9.17, 15) is 23.4 Å². The van der Waals surface area contributed by atoms with Crippen molar-refractivity contribution in [2.24, 2.45) is 0 Å². The first kappa shape index (κ1) is 22.4. The lowest BCUT2D eigenvalue weighted by Gasteiger charge is -2.63. The van der Waals surface area contributed by atoms with Crippen LogP contribution in [0.15, 0.2) is 42.5 Å². The number of aliphatic hydroxyl groups is 1. The van der Waals surface area contributed by atoms with E-state index in [1.165, 1.54) is 6.07 Å². The lowest BCUT2D eigenvalue weighted by Crippen LogP contribution is -2.73. The van der Waals surface area contributed by atoms with Crippen molar-refractivity contribution in [2.45, 2.75) is 48.9 Å². The van der Waals surface area contributed by atoms with Gasteiger partial charge in [0.1, 0.15) is 5.75 Å². The molecule has 0 radical (unpaired) electrons. The van der Waals surface area contributed by atoms with Gasteiger partial charge in [-0.1, -0.05) is 18.2 Å². The fourth-order valence-corrected chi connectivity index (χ4v) is 6.53. The summed E-state index contributed by atoms with van der Waals surface area (Å²) in [6.07, 6.45) is -2.50. The number of rotatable bonds is 0. The summed E-state index contributed by atoms with van der Waals surface area (Å²) >= 11 is 0. The van der Waals surface area contributed by atoms with Gasteiger partial charge in [-0.2, -0.15) is 13.2 Å². The van der Waals surface area contributed by atoms with E-state index in [2.05, 4.69) is 9.88 Å². The van der Waals surface area contributed by atoms with Crippen LogP contribution in [0.3, 0.4) is 0 Å². The first-order valence-electron chi connectivity index (χ1n) is 10.9. The zero-order chi connectivity index (χ0) is 22.5. The minimum Gasteiger partial charge on any atom is -0.508 e. The number of benzene rings is 2. The maximum Gasteiger partial charge on any atom is 0.418 e. The van der Waals surface area contributed by atoms with Crippen molar-refractivity contribution >= 4 is 23.3 Å². The van der Waals surface area contributed by atoms with Crippen molar-refractivity contribution in [2.75, 3.05) is 13.6 Å². The fraction of sp³-hybridized carbons (Fsp3) is 0.400. The lowest BCUT2D eigenvalue weighted by atomic mass is 9.49. The van der Waals surface area contributed by atoms with Crippen LogP contribution >= 0.6 is 12.4 Å². The molecule has 2 heterocycles. The molecule has 8 heteroatoms. The van der Waals surface area contributed by atoms with E-state index in [-0.39, 0.29) is 29.7 Å². The van der Waals surface area contributed by atoms with E-state index in [4.69, 9.17) is 0 Å². The van der Waals surface area contributed by atoms with Gasteiger partial charge in [0, 0.05) is 35.4 Å². The Bertz CT molecular complexity index is 1280. The van der Waals surface area contributed by atoms with Gasteiger partial charge in [0.2, 0.25) is 0 Å². The van der Waals surface area contributed by atoms with Crippen molar-refractivity contribution < 1.29 is 23.4 Å². The predicted octanol–water partition coefficient (Wildman–Crippen LogP) is 4.41. The number of phenols is 1. The number of fused-ring (bicyclic) bond motifs is 3. The molecule has 1 fully saturated rings. The molecule has 1 aliphatic heterocycles. The maximum atomic E-state index is 13.7. The highest BCUT2D eigenvalue weighted by Crippen LogP contribution is 2.57. The number of likely N-dealkylation sites (tertiary alicyclic amines) is 1. The Balaban J connectivity index is 0.00000228. The number of alkyl halides is 3. The van der Waals surface area contributed by atoms with Crippen LogP contribution < -0.4 is 0 Å². The lowest BCUT2D eigenvalue weighted by molar-refractivity contribution is -0.145. The smallest absolute Gasteiger partial charge is 0.418 e. The Morgan fingerprint density at radius 3 is 2.64 bits per heavy atom. The highest BCUT2D eigenvalue weighted by molar-refractivity contribution is 5.85. The van der Waals surface area contributed by atoms with Gasteiger partial charge in [-0.3, -0.25) is 4.98 Å². The molecule has 0 saturated carbocycles. The third kappa shape index (κ3) is 2.95. The first-order valence-corrected chi connectivity index (χ1v) is 10.9. The molecule has 2 aliphatic carbocycles. The van der Waals surface area contributed by atoms with Gasteiger partial charge in [0.25, 0.3) is 0 Å². The minimum absolute atomic E-state index is 0. The van der Waals surface area contributed by atoms with Crippen LogP contribution in [0.1, 0.15) is 34.4 Å². The quantitative estimate of drug-likeness (QED) is 0.504. The number of likely N-dealkylation sites (N-methyl/N-ethyl adjacent to an activating group) is 1. The largest absolute Gasteiger partial charge is 0.508 e. The molecule has 2 aromatic carbocycles. The Kier molecular flexibility index (Phi) is 4.81. The number of pyridine rings is 1. The maximum absolute atomic E-state index is 13.7. The zero-order valence-electron chi connectivity index (χ0n) is 18.0. The van der Waals surface area contributed by atoms with Crippen LogP contribution in [0.25, 0.3) is 10.9 Å². The number of phenolic OH excluding ortho intramolecular Hbond substituents is 1. The summed E-state index contributed by atoms with van der Waals surface area (Å²) in [5.74, 6) is 0.134. The molecule has 0 amide bonds. The third-order valence-corrected chi connectivity index (χ3v) is 8.07. The van der Waals surface area contributed by atoms with E-state index in [1.807, 2.05) is 13.1 Å². The summed E-state index contributed by atoms with van der Waals surface area (Å²) in [6.45, 7) is 0.763. The molecule has 6 rings (SSSR count). The fourth-order valence-electron chi connectivity index (χ4n) is 6.53. The number of hydrogen-bond acceptors (Lipinski definition) is 4. The molecular weight excluding hydrogens is 453 g/mol. The third-order valence-electron chi connectivity index (χ3n) is 8.07. The first-order chi connectivity index (χ1) is 15.1. The van der Waals surface area contributed by atoms with Crippen LogP contribution in [0, 0.1) is 0 Å². The average molecular weight is 477 g/mol. The minimum atomic E-state index is -4.49. The van der Waals surface area contributed by atoms with Crippen molar-refractivity contribution in [1.82, 2.24) is 9.88 Å². The Hall–Kier alpha value is -2.35.